The highest BCUT2D eigenvalue weighted by Gasteiger charge is 2.32. The predicted molar refractivity (Wildman–Crippen MR) is 83.3 cm³/mol. The Balaban J connectivity index is 1.91. The minimum atomic E-state index is -4.50. The molecule has 0 saturated carbocycles. The van der Waals surface area contributed by atoms with Gasteiger partial charge in [0.25, 0.3) is 0 Å². The molecule has 5 nitrogen and oxygen atoms in total. The molecular weight excluding hydrogens is 335 g/mol. The van der Waals surface area contributed by atoms with Crippen LogP contribution in [0.1, 0.15) is 5.69 Å². The molecule has 0 aliphatic rings. The van der Waals surface area contributed by atoms with E-state index < -0.39 is 11.9 Å². The predicted octanol–water partition coefficient (Wildman–Crippen LogP) is 4.36. The summed E-state index contributed by atoms with van der Waals surface area (Å²) in [7, 11) is 1.50. The molecular formula is C17H12F3N3O2. The van der Waals surface area contributed by atoms with Gasteiger partial charge in [-0.05, 0) is 35.9 Å². The number of methoxy groups -OCH3 is 1. The average Bonchev–Trinajstić information content (AvgIpc) is 2.62. The zero-order valence-corrected chi connectivity index (χ0v) is 13.0. The highest BCUT2D eigenvalue weighted by molar-refractivity contribution is 5.69. The Morgan fingerprint density at radius 1 is 0.960 bits per heavy atom. The maximum Gasteiger partial charge on any atom is 0.433 e. The van der Waals surface area contributed by atoms with Gasteiger partial charge in [-0.2, -0.15) is 13.2 Å². The van der Waals surface area contributed by atoms with Gasteiger partial charge < -0.3 is 9.47 Å². The first-order valence-corrected chi connectivity index (χ1v) is 7.14. The summed E-state index contributed by atoms with van der Waals surface area (Å²) in [5.74, 6) is 0.801. The lowest BCUT2D eigenvalue weighted by molar-refractivity contribution is -0.141. The Labute approximate surface area is 141 Å². The molecule has 0 fully saturated rings. The van der Waals surface area contributed by atoms with E-state index in [1.165, 1.54) is 19.4 Å². The van der Waals surface area contributed by atoms with Crippen molar-refractivity contribution >= 4 is 0 Å². The quantitative estimate of drug-likeness (QED) is 0.702. The van der Waals surface area contributed by atoms with Gasteiger partial charge in [0, 0.05) is 24.0 Å². The third kappa shape index (κ3) is 3.85. The summed E-state index contributed by atoms with van der Waals surface area (Å²) in [6.07, 6.45) is -0.393. The van der Waals surface area contributed by atoms with Crippen LogP contribution < -0.4 is 9.47 Å². The molecule has 0 amide bonds. The van der Waals surface area contributed by atoms with Crippen molar-refractivity contribution in [3.8, 4) is 28.6 Å². The van der Waals surface area contributed by atoms with E-state index in [0.29, 0.717) is 11.4 Å². The highest BCUT2D eigenvalue weighted by atomic mass is 19.4. The van der Waals surface area contributed by atoms with Crippen LogP contribution in [-0.2, 0) is 6.18 Å². The van der Waals surface area contributed by atoms with Crippen LogP contribution in [0, 0.1) is 0 Å². The van der Waals surface area contributed by atoms with Crippen LogP contribution in [0.5, 0.6) is 17.5 Å². The SMILES string of the molecule is COc1cc(-c2cccnc2Oc2ccc(C(F)(F)F)nc2)ccn1. The Kier molecular flexibility index (Phi) is 4.51. The zero-order chi connectivity index (χ0) is 17.9. The van der Waals surface area contributed by atoms with E-state index in [1.807, 2.05) is 0 Å². The minimum Gasteiger partial charge on any atom is -0.481 e. The van der Waals surface area contributed by atoms with Gasteiger partial charge in [0.1, 0.15) is 11.4 Å². The molecule has 0 atom stereocenters. The van der Waals surface area contributed by atoms with Gasteiger partial charge in [0.2, 0.25) is 11.8 Å². The van der Waals surface area contributed by atoms with Crippen molar-refractivity contribution in [1.29, 1.82) is 0 Å². The number of rotatable bonds is 4. The monoisotopic (exact) mass is 347 g/mol. The summed E-state index contributed by atoms with van der Waals surface area (Å²) in [6.45, 7) is 0. The van der Waals surface area contributed by atoms with Crippen molar-refractivity contribution in [2.24, 2.45) is 0 Å². The molecule has 0 aliphatic carbocycles. The third-order valence-electron chi connectivity index (χ3n) is 3.27. The molecule has 3 heterocycles. The summed E-state index contributed by atoms with van der Waals surface area (Å²) < 4.78 is 48.4. The molecule has 0 bridgehead atoms. The topological polar surface area (TPSA) is 57.1 Å². The Morgan fingerprint density at radius 3 is 2.48 bits per heavy atom. The van der Waals surface area contributed by atoms with E-state index in [-0.39, 0.29) is 11.6 Å². The lowest BCUT2D eigenvalue weighted by atomic mass is 10.1. The van der Waals surface area contributed by atoms with E-state index in [0.717, 1.165) is 17.8 Å². The zero-order valence-electron chi connectivity index (χ0n) is 13.0. The maximum absolute atomic E-state index is 12.6. The van der Waals surface area contributed by atoms with E-state index in [4.69, 9.17) is 9.47 Å². The summed E-state index contributed by atoms with van der Waals surface area (Å²) in [5, 5.41) is 0. The normalized spacial score (nSPS) is 11.2. The number of nitrogens with zero attached hydrogens (tertiary/aromatic N) is 3. The summed E-state index contributed by atoms with van der Waals surface area (Å²) in [4.78, 5) is 11.5. The Morgan fingerprint density at radius 2 is 1.80 bits per heavy atom. The molecule has 3 aromatic heterocycles. The van der Waals surface area contributed by atoms with Gasteiger partial charge in [-0.15, -0.1) is 0 Å². The van der Waals surface area contributed by atoms with Crippen LogP contribution in [0.15, 0.2) is 55.0 Å². The largest absolute Gasteiger partial charge is 0.481 e. The van der Waals surface area contributed by atoms with Gasteiger partial charge in [-0.1, -0.05) is 0 Å². The first-order chi connectivity index (χ1) is 12.0. The number of hydrogen-bond donors (Lipinski definition) is 0. The van der Waals surface area contributed by atoms with Gasteiger partial charge in [-0.3, -0.25) is 0 Å². The first kappa shape index (κ1) is 16.7. The summed E-state index contributed by atoms with van der Waals surface area (Å²) in [5.41, 5.74) is 0.401. The fourth-order valence-corrected chi connectivity index (χ4v) is 2.10. The molecule has 0 saturated heterocycles. The van der Waals surface area contributed by atoms with Crippen molar-refractivity contribution in [1.82, 2.24) is 15.0 Å². The highest BCUT2D eigenvalue weighted by Crippen LogP contribution is 2.33. The Bertz CT molecular complexity index is 868. The van der Waals surface area contributed by atoms with Crippen LogP contribution in [0.25, 0.3) is 11.1 Å². The van der Waals surface area contributed by atoms with E-state index in [1.54, 1.807) is 30.5 Å². The molecule has 128 valence electrons. The van der Waals surface area contributed by atoms with Crippen molar-refractivity contribution < 1.29 is 22.6 Å². The molecule has 0 N–H and O–H groups in total. The maximum atomic E-state index is 12.6. The number of halogens is 3. The summed E-state index contributed by atoms with van der Waals surface area (Å²) in [6, 6.07) is 9.00. The van der Waals surface area contributed by atoms with Crippen molar-refractivity contribution in [2.75, 3.05) is 7.11 Å². The van der Waals surface area contributed by atoms with Gasteiger partial charge in [-0.25, -0.2) is 15.0 Å². The number of alkyl halides is 3. The van der Waals surface area contributed by atoms with Gasteiger partial charge in [0.15, 0.2) is 0 Å². The van der Waals surface area contributed by atoms with Gasteiger partial charge in [0.05, 0.1) is 13.3 Å². The van der Waals surface area contributed by atoms with Crippen LogP contribution >= 0.6 is 0 Å². The van der Waals surface area contributed by atoms with Gasteiger partial charge >= 0.3 is 6.18 Å². The van der Waals surface area contributed by atoms with Crippen LogP contribution in [-0.4, -0.2) is 22.1 Å². The minimum absolute atomic E-state index is 0.147. The smallest absolute Gasteiger partial charge is 0.433 e. The molecule has 0 aliphatic heterocycles. The van der Waals surface area contributed by atoms with Crippen molar-refractivity contribution in [3.05, 3.63) is 60.7 Å². The van der Waals surface area contributed by atoms with Crippen LogP contribution in [0.4, 0.5) is 13.2 Å². The molecule has 0 unspecified atom stereocenters. The van der Waals surface area contributed by atoms with Crippen LogP contribution in [0.2, 0.25) is 0 Å². The standard InChI is InChI=1S/C17H12F3N3O2/c1-24-15-9-11(6-8-21-15)13-3-2-7-22-16(13)25-12-4-5-14(23-10-12)17(18,19)20/h2-10H,1H3. The number of hydrogen-bond acceptors (Lipinski definition) is 5. The molecule has 0 radical (unpaired) electrons. The van der Waals surface area contributed by atoms with E-state index in [9.17, 15) is 13.2 Å². The lowest BCUT2D eigenvalue weighted by Gasteiger charge is -2.11. The lowest BCUT2D eigenvalue weighted by Crippen LogP contribution is -2.07. The van der Waals surface area contributed by atoms with E-state index in [2.05, 4.69) is 15.0 Å². The van der Waals surface area contributed by atoms with E-state index >= 15 is 0 Å². The number of ether oxygens (including phenoxy) is 2. The fourth-order valence-electron chi connectivity index (χ4n) is 2.10. The second-order valence-corrected chi connectivity index (χ2v) is 4.92. The molecule has 3 rings (SSSR count). The molecule has 8 heteroatoms. The Hall–Kier alpha value is -3.16. The number of aromatic nitrogens is 3. The fraction of sp³-hybridized carbons (Fsp3) is 0.118. The van der Waals surface area contributed by atoms with Crippen molar-refractivity contribution in [3.63, 3.8) is 0 Å². The summed E-state index contributed by atoms with van der Waals surface area (Å²) >= 11 is 0. The molecule has 0 spiro atoms. The molecule has 3 aromatic rings. The van der Waals surface area contributed by atoms with Crippen LogP contribution in [0.3, 0.4) is 0 Å². The molecule has 25 heavy (non-hydrogen) atoms. The second-order valence-electron chi connectivity index (χ2n) is 4.92. The second kappa shape index (κ2) is 6.76. The molecule has 0 aromatic carbocycles. The average molecular weight is 347 g/mol. The van der Waals surface area contributed by atoms with Crippen molar-refractivity contribution in [2.45, 2.75) is 6.18 Å². The number of pyridine rings is 3. The first-order valence-electron chi connectivity index (χ1n) is 7.14. The third-order valence-corrected chi connectivity index (χ3v) is 3.27.